The van der Waals surface area contributed by atoms with Gasteiger partial charge in [0.25, 0.3) is 0 Å². The summed E-state index contributed by atoms with van der Waals surface area (Å²) in [6.07, 6.45) is 0. The van der Waals surface area contributed by atoms with Crippen molar-refractivity contribution in [3.8, 4) is 0 Å². The van der Waals surface area contributed by atoms with Crippen LogP contribution < -0.4 is 16.4 Å². The van der Waals surface area contributed by atoms with E-state index in [0.717, 1.165) is 16.9 Å². The maximum Gasteiger partial charge on any atom is 0.227 e. The van der Waals surface area contributed by atoms with E-state index < -0.39 is 5.41 Å². The molecule has 0 heterocycles. The second-order valence-electron chi connectivity index (χ2n) is 4.84. The van der Waals surface area contributed by atoms with Crippen LogP contribution in [0.1, 0.15) is 19.4 Å². The predicted octanol–water partition coefficient (Wildman–Crippen LogP) is 1.76. The molecule has 0 spiro atoms. The Morgan fingerprint density at radius 1 is 1.41 bits per heavy atom. The number of carbonyl (C=O) groups excluding carboxylic acids is 1. The first-order valence-corrected chi connectivity index (χ1v) is 5.69. The normalized spacial score (nSPS) is 11.1. The number of hydrogen-bond acceptors (Lipinski definition) is 3. The highest BCUT2D eigenvalue weighted by atomic mass is 16.2. The molecule has 4 N–H and O–H groups in total. The van der Waals surface area contributed by atoms with Crippen LogP contribution in [-0.4, -0.2) is 19.5 Å². The van der Waals surface area contributed by atoms with E-state index in [4.69, 9.17) is 5.73 Å². The molecule has 94 valence electrons. The molecule has 1 aromatic rings. The lowest BCUT2D eigenvalue weighted by Gasteiger charge is -2.24. The van der Waals surface area contributed by atoms with Gasteiger partial charge < -0.3 is 16.4 Å². The molecule has 0 radical (unpaired) electrons. The van der Waals surface area contributed by atoms with Gasteiger partial charge in [-0.2, -0.15) is 0 Å². The molecule has 0 aromatic heterocycles. The van der Waals surface area contributed by atoms with Crippen LogP contribution in [0.4, 0.5) is 11.4 Å². The lowest BCUT2D eigenvalue weighted by Crippen LogP contribution is -2.39. The Balaban J connectivity index is 2.74. The smallest absolute Gasteiger partial charge is 0.227 e. The lowest BCUT2D eigenvalue weighted by atomic mass is 9.92. The number of nitrogens with two attached hydrogens (primary N) is 1. The Morgan fingerprint density at radius 3 is 2.65 bits per heavy atom. The molecule has 1 aromatic carbocycles. The predicted molar refractivity (Wildman–Crippen MR) is 71.9 cm³/mol. The standard InChI is InChI=1S/C13H21N3O/c1-9-10(14)6-5-7-11(9)16-8-13(2,3)12(17)15-4/h5-7,16H,8,14H2,1-4H3,(H,15,17). The molecule has 0 unspecified atom stereocenters. The summed E-state index contributed by atoms with van der Waals surface area (Å²) in [5.74, 6) is 0.0200. The quantitative estimate of drug-likeness (QED) is 0.697. The van der Waals surface area contributed by atoms with Crippen LogP contribution in [0.25, 0.3) is 0 Å². The molecule has 0 fully saturated rings. The summed E-state index contributed by atoms with van der Waals surface area (Å²) in [5.41, 5.74) is 8.12. The van der Waals surface area contributed by atoms with Gasteiger partial charge in [0.2, 0.25) is 5.91 Å². The average molecular weight is 235 g/mol. The van der Waals surface area contributed by atoms with E-state index in [1.165, 1.54) is 0 Å². The highest BCUT2D eigenvalue weighted by Gasteiger charge is 2.26. The second-order valence-corrected chi connectivity index (χ2v) is 4.84. The van der Waals surface area contributed by atoms with E-state index in [-0.39, 0.29) is 5.91 Å². The lowest BCUT2D eigenvalue weighted by molar-refractivity contribution is -0.128. The molecular weight excluding hydrogens is 214 g/mol. The maximum absolute atomic E-state index is 11.6. The highest BCUT2D eigenvalue weighted by Crippen LogP contribution is 2.23. The van der Waals surface area contributed by atoms with E-state index in [9.17, 15) is 4.79 Å². The van der Waals surface area contributed by atoms with Crippen molar-refractivity contribution in [2.24, 2.45) is 5.41 Å². The van der Waals surface area contributed by atoms with E-state index >= 15 is 0 Å². The highest BCUT2D eigenvalue weighted by molar-refractivity contribution is 5.82. The molecule has 1 rings (SSSR count). The van der Waals surface area contributed by atoms with Crippen LogP contribution in [0, 0.1) is 12.3 Å². The van der Waals surface area contributed by atoms with Crippen molar-refractivity contribution in [2.45, 2.75) is 20.8 Å². The summed E-state index contributed by atoms with van der Waals surface area (Å²) >= 11 is 0. The van der Waals surface area contributed by atoms with E-state index in [1.54, 1.807) is 7.05 Å². The van der Waals surface area contributed by atoms with Gasteiger partial charge in [0.1, 0.15) is 0 Å². The zero-order valence-corrected chi connectivity index (χ0v) is 10.9. The summed E-state index contributed by atoms with van der Waals surface area (Å²) in [5, 5.41) is 5.93. The number of anilines is 2. The summed E-state index contributed by atoms with van der Waals surface area (Å²) in [6.45, 7) is 6.34. The van der Waals surface area contributed by atoms with Crippen molar-refractivity contribution in [3.63, 3.8) is 0 Å². The molecule has 1 amide bonds. The Hall–Kier alpha value is -1.71. The average Bonchev–Trinajstić information content (AvgIpc) is 2.30. The van der Waals surface area contributed by atoms with Crippen LogP contribution in [-0.2, 0) is 4.79 Å². The van der Waals surface area contributed by atoms with Gasteiger partial charge in [-0.15, -0.1) is 0 Å². The molecule has 4 nitrogen and oxygen atoms in total. The summed E-state index contributed by atoms with van der Waals surface area (Å²) in [6, 6.07) is 5.73. The van der Waals surface area contributed by atoms with Crippen molar-refractivity contribution in [1.29, 1.82) is 0 Å². The third-order valence-electron chi connectivity index (χ3n) is 2.94. The minimum Gasteiger partial charge on any atom is -0.398 e. The van der Waals surface area contributed by atoms with E-state index in [1.807, 2.05) is 39.0 Å². The molecule has 0 saturated heterocycles. The van der Waals surface area contributed by atoms with Crippen LogP contribution in [0.15, 0.2) is 18.2 Å². The Morgan fingerprint density at radius 2 is 2.06 bits per heavy atom. The maximum atomic E-state index is 11.6. The zero-order chi connectivity index (χ0) is 13.1. The Labute approximate surface area is 103 Å². The molecule has 0 aliphatic heterocycles. The first kappa shape index (κ1) is 13.4. The van der Waals surface area contributed by atoms with Crippen LogP contribution in [0.3, 0.4) is 0 Å². The largest absolute Gasteiger partial charge is 0.398 e. The van der Waals surface area contributed by atoms with Crippen LogP contribution in [0.2, 0.25) is 0 Å². The molecule has 0 aliphatic carbocycles. The Bertz CT molecular complexity index is 413. The number of rotatable bonds is 4. The fourth-order valence-electron chi connectivity index (χ4n) is 1.58. The van der Waals surface area contributed by atoms with Gasteiger partial charge in [0.05, 0.1) is 5.41 Å². The van der Waals surface area contributed by atoms with Crippen LogP contribution in [0.5, 0.6) is 0 Å². The molecule has 4 heteroatoms. The van der Waals surface area contributed by atoms with Gasteiger partial charge in [-0.05, 0) is 38.5 Å². The minimum absolute atomic E-state index is 0.0200. The van der Waals surface area contributed by atoms with Gasteiger partial charge in [0, 0.05) is 25.0 Å². The fourth-order valence-corrected chi connectivity index (χ4v) is 1.58. The number of hydrogen-bond donors (Lipinski definition) is 3. The molecule has 0 aliphatic rings. The molecule has 17 heavy (non-hydrogen) atoms. The van der Waals surface area contributed by atoms with Crippen molar-refractivity contribution in [3.05, 3.63) is 23.8 Å². The van der Waals surface area contributed by atoms with Gasteiger partial charge >= 0.3 is 0 Å². The topological polar surface area (TPSA) is 67.2 Å². The van der Waals surface area contributed by atoms with Gasteiger partial charge in [-0.3, -0.25) is 4.79 Å². The molecular formula is C13H21N3O. The third-order valence-corrected chi connectivity index (χ3v) is 2.94. The monoisotopic (exact) mass is 235 g/mol. The third kappa shape index (κ3) is 3.12. The molecule has 0 atom stereocenters. The van der Waals surface area contributed by atoms with E-state index in [2.05, 4.69) is 10.6 Å². The van der Waals surface area contributed by atoms with Crippen molar-refractivity contribution < 1.29 is 4.79 Å². The number of nitrogens with one attached hydrogen (secondary N) is 2. The van der Waals surface area contributed by atoms with Crippen molar-refractivity contribution in [1.82, 2.24) is 5.32 Å². The summed E-state index contributed by atoms with van der Waals surface area (Å²) in [7, 11) is 1.65. The van der Waals surface area contributed by atoms with Gasteiger partial charge in [-0.1, -0.05) is 6.07 Å². The fraction of sp³-hybridized carbons (Fsp3) is 0.462. The SMILES string of the molecule is CNC(=O)C(C)(C)CNc1cccc(N)c1C. The number of nitrogen functional groups attached to an aromatic ring is 1. The van der Waals surface area contributed by atoms with E-state index in [0.29, 0.717) is 6.54 Å². The Kier molecular flexibility index (Phi) is 3.99. The van der Waals surface area contributed by atoms with Gasteiger partial charge in [0.15, 0.2) is 0 Å². The first-order valence-electron chi connectivity index (χ1n) is 5.69. The summed E-state index contributed by atoms with van der Waals surface area (Å²) in [4.78, 5) is 11.6. The molecule has 0 bridgehead atoms. The zero-order valence-electron chi connectivity index (χ0n) is 10.9. The van der Waals surface area contributed by atoms with Crippen LogP contribution >= 0.6 is 0 Å². The number of benzene rings is 1. The van der Waals surface area contributed by atoms with Crippen molar-refractivity contribution >= 4 is 17.3 Å². The first-order chi connectivity index (χ1) is 7.88. The van der Waals surface area contributed by atoms with Crippen molar-refractivity contribution in [2.75, 3.05) is 24.6 Å². The number of amides is 1. The molecule has 0 saturated carbocycles. The number of carbonyl (C=O) groups is 1. The summed E-state index contributed by atoms with van der Waals surface area (Å²) < 4.78 is 0. The van der Waals surface area contributed by atoms with Gasteiger partial charge in [-0.25, -0.2) is 0 Å². The minimum atomic E-state index is -0.453. The second kappa shape index (κ2) is 5.08.